The summed E-state index contributed by atoms with van der Waals surface area (Å²) in [4.78, 5) is 12.9. The standard InChI is InChI=1S/C18H23N3O3/c1-13-15(12-23)16-6-5-9-19-21(16)17(13)18(2,24)14(8-11-22)7-10-20(3)4/h5-11,23-24H,12H2,1-4H3/b10-7-,14-8+. The molecule has 2 aromatic heterocycles. The third-order valence-electron chi connectivity index (χ3n) is 4.06. The van der Waals surface area contributed by atoms with Crippen LogP contribution in [0.1, 0.15) is 23.7 Å². The van der Waals surface area contributed by atoms with Crippen molar-refractivity contribution in [2.24, 2.45) is 0 Å². The topological polar surface area (TPSA) is 78.1 Å². The maximum Gasteiger partial charge on any atom is 0.143 e. The summed E-state index contributed by atoms with van der Waals surface area (Å²) in [5, 5.41) is 25.2. The molecule has 2 aromatic rings. The number of carbonyl (C=O) groups is 1. The van der Waals surface area contributed by atoms with E-state index in [2.05, 4.69) is 5.10 Å². The minimum absolute atomic E-state index is 0.155. The Morgan fingerprint density at radius 3 is 2.75 bits per heavy atom. The second-order valence-electron chi connectivity index (χ2n) is 6.04. The van der Waals surface area contributed by atoms with Crippen LogP contribution in [-0.2, 0) is 17.0 Å². The summed E-state index contributed by atoms with van der Waals surface area (Å²) in [7, 11) is 3.71. The van der Waals surface area contributed by atoms with Gasteiger partial charge in [0.05, 0.1) is 17.8 Å². The summed E-state index contributed by atoms with van der Waals surface area (Å²) in [6.07, 6.45) is 7.05. The molecule has 0 aromatic carbocycles. The Labute approximate surface area is 141 Å². The molecule has 0 saturated heterocycles. The van der Waals surface area contributed by atoms with Gasteiger partial charge in [-0.3, -0.25) is 4.79 Å². The van der Waals surface area contributed by atoms with Gasteiger partial charge in [-0.25, -0.2) is 4.52 Å². The highest BCUT2D eigenvalue weighted by atomic mass is 16.3. The quantitative estimate of drug-likeness (QED) is 0.477. The molecule has 0 bridgehead atoms. The van der Waals surface area contributed by atoms with Gasteiger partial charge in [0.2, 0.25) is 0 Å². The molecule has 1 unspecified atom stereocenters. The molecule has 128 valence electrons. The molecule has 0 spiro atoms. The van der Waals surface area contributed by atoms with E-state index >= 15 is 0 Å². The SMILES string of the molecule is Cc1c(CO)c2cccnn2c1C(C)(O)C(/C=C\N(C)C)=C/C=O. The lowest BCUT2D eigenvalue weighted by atomic mass is 9.89. The fourth-order valence-corrected chi connectivity index (χ4v) is 2.86. The monoisotopic (exact) mass is 329 g/mol. The number of aliphatic hydroxyl groups is 2. The lowest BCUT2D eigenvalue weighted by molar-refractivity contribution is -0.104. The highest BCUT2D eigenvalue weighted by Crippen LogP contribution is 2.35. The van der Waals surface area contributed by atoms with Gasteiger partial charge in [-0.2, -0.15) is 5.10 Å². The number of allylic oxidation sites excluding steroid dienone is 1. The van der Waals surface area contributed by atoms with Crippen LogP contribution >= 0.6 is 0 Å². The summed E-state index contributed by atoms with van der Waals surface area (Å²) in [6, 6.07) is 3.62. The molecule has 0 radical (unpaired) electrons. The van der Waals surface area contributed by atoms with Gasteiger partial charge in [0.25, 0.3) is 0 Å². The third kappa shape index (κ3) is 3.11. The zero-order valence-electron chi connectivity index (χ0n) is 14.4. The lowest BCUT2D eigenvalue weighted by Crippen LogP contribution is -2.27. The molecule has 24 heavy (non-hydrogen) atoms. The van der Waals surface area contributed by atoms with Crippen LogP contribution in [0.4, 0.5) is 0 Å². The first-order chi connectivity index (χ1) is 11.3. The van der Waals surface area contributed by atoms with Crippen LogP contribution in [0, 0.1) is 6.92 Å². The van der Waals surface area contributed by atoms with Crippen LogP contribution in [0.2, 0.25) is 0 Å². The Morgan fingerprint density at radius 1 is 1.46 bits per heavy atom. The summed E-state index contributed by atoms with van der Waals surface area (Å²) >= 11 is 0. The number of fused-ring (bicyclic) bond motifs is 1. The normalized spacial score (nSPS) is 15.0. The first kappa shape index (κ1) is 17.9. The smallest absolute Gasteiger partial charge is 0.143 e. The van der Waals surface area contributed by atoms with E-state index in [9.17, 15) is 15.0 Å². The van der Waals surface area contributed by atoms with Crippen molar-refractivity contribution in [3.8, 4) is 0 Å². The van der Waals surface area contributed by atoms with Crippen molar-refractivity contribution in [1.82, 2.24) is 14.5 Å². The number of aliphatic hydroxyl groups excluding tert-OH is 1. The maximum absolute atomic E-state index is 11.2. The van der Waals surface area contributed by atoms with Crippen molar-refractivity contribution in [2.75, 3.05) is 14.1 Å². The van der Waals surface area contributed by atoms with E-state index in [-0.39, 0.29) is 6.61 Å². The predicted molar refractivity (Wildman–Crippen MR) is 92.4 cm³/mol. The fourth-order valence-electron chi connectivity index (χ4n) is 2.86. The number of hydrogen-bond acceptors (Lipinski definition) is 5. The van der Waals surface area contributed by atoms with Gasteiger partial charge >= 0.3 is 0 Å². The Balaban J connectivity index is 2.72. The average Bonchev–Trinajstić information content (AvgIpc) is 2.82. The van der Waals surface area contributed by atoms with E-state index in [0.29, 0.717) is 23.1 Å². The van der Waals surface area contributed by atoms with E-state index in [0.717, 1.165) is 11.1 Å². The molecule has 6 nitrogen and oxygen atoms in total. The van der Waals surface area contributed by atoms with Crippen LogP contribution in [0.15, 0.2) is 42.3 Å². The van der Waals surface area contributed by atoms with Gasteiger partial charge in [0, 0.05) is 25.9 Å². The summed E-state index contributed by atoms with van der Waals surface area (Å²) in [5.74, 6) is 0. The molecule has 0 aliphatic carbocycles. The van der Waals surface area contributed by atoms with Crippen molar-refractivity contribution < 1.29 is 15.0 Å². The van der Waals surface area contributed by atoms with E-state index in [1.807, 2.05) is 32.0 Å². The van der Waals surface area contributed by atoms with Crippen LogP contribution in [0.25, 0.3) is 5.52 Å². The molecular formula is C18H23N3O3. The third-order valence-corrected chi connectivity index (χ3v) is 4.06. The molecule has 1 atom stereocenters. The van der Waals surface area contributed by atoms with Gasteiger partial charge in [0.15, 0.2) is 0 Å². The maximum atomic E-state index is 11.2. The Kier molecular flexibility index (Phi) is 5.21. The van der Waals surface area contributed by atoms with Crippen LogP contribution in [-0.4, -0.2) is 45.1 Å². The minimum atomic E-state index is -1.46. The second-order valence-corrected chi connectivity index (χ2v) is 6.04. The largest absolute Gasteiger partial charge is 0.392 e. The molecule has 6 heteroatoms. The van der Waals surface area contributed by atoms with Crippen molar-refractivity contribution in [3.05, 3.63) is 59.1 Å². The molecule has 2 rings (SSSR count). The zero-order chi connectivity index (χ0) is 17.9. The molecule has 0 aliphatic rings. The highest BCUT2D eigenvalue weighted by molar-refractivity contribution is 5.69. The first-order valence-corrected chi connectivity index (χ1v) is 7.64. The van der Waals surface area contributed by atoms with Crippen molar-refractivity contribution in [3.63, 3.8) is 0 Å². The number of rotatable bonds is 6. The Morgan fingerprint density at radius 2 is 2.17 bits per heavy atom. The van der Waals surface area contributed by atoms with Crippen LogP contribution in [0.3, 0.4) is 0 Å². The Hall–Kier alpha value is -2.44. The molecule has 2 heterocycles. The molecule has 2 N–H and O–H groups in total. The lowest BCUT2D eigenvalue weighted by Gasteiger charge is -2.26. The number of nitrogens with zero attached hydrogens (tertiary/aromatic N) is 3. The first-order valence-electron chi connectivity index (χ1n) is 7.64. The van der Waals surface area contributed by atoms with Gasteiger partial charge in [-0.15, -0.1) is 0 Å². The predicted octanol–water partition coefficient (Wildman–Crippen LogP) is 1.54. The van der Waals surface area contributed by atoms with Crippen LogP contribution in [0.5, 0.6) is 0 Å². The summed E-state index contributed by atoms with van der Waals surface area (Å²) < 4.78 is 1.61. The summed E-state index contributed by atoms with van der Waals surface area (Å²) in [5.41, 5.74) is 1.69. The number of carbonyl (C=O) groups excluding carboxylic acids is 1. The molecule has 0 fully saturated rings. The number of aldehydes is 1. The molecule has 0 aliphatic heterocycles. The number of hydrogen-bond donors (Lipinski definition) is 2. The van der Waals surface area contributed by atoms with Crippen molar-refractivity contribution in [1.29, 1.82) is 0 Å². The molecule has 0 amide bonds. The highest BCUT2D eigenvalue weighted by Gasteiger charge is 2.34. The molecule has 0 saturated carbocycles. The van der Waals surface area contributed by atoms with Gasteiger partial charge < -0.3 is 15.1 Å². The number of aromatic nitrogens is 2. The van der Waals surface area contributed by atoms with E-state index in [1.165, 1.54) is 6.08 Å². The van der Waals surface area contributed by atoms with E-state index in [1.54, 1.807) is 36.0 Å². The van der Waals surface area contributed by atoms with E-state index < -0.39 is 5.60 Å². The molecular weight excluding hydrogens is 306 g/mol. The minimum Gasteiger partial charge on any atom is -0.392 e. The fraction of sp³-hybridized carbons (Fsp3) is 0.333. The van der Waals surface area contributed by atoms with Crippen molar-refractivity contribution >= 4 is 11.8 Å². The Bertz CT molecular complexity index is 801. The van der Waals surface area contributed by atoms with Gasteiger partial charge in [-0.05, 0) is 55.5 Å². The van der Waals surface area contributed by atoms with Gasteiger partial charge in [0.1, 0.15) is 11.9 Å². The second kappa shape index (κ2) is 6.98. The van der Waals surface area contributed by atoms with Crippen LogP contribution < -0.4 is 0 Å². The average molecular weight is 329 g/mol. The van der Waals surface area contributed by atoms with E-state index in [4.69, 9.17) is 0 Å². The van der Waals surface area contributed by atoms with Gasteiger partial charge in [-0.1, -0.05) is 0 Å². The van der Waals surface area contributed by atoms with Crippen molar-refractivity contribution in [2.45, 2.75) is 26.1 Å². The zero-order valence-corrected chi connectivity index (χ0v) is 14.4. The summed E-state index contributed by atoms with van der Waals surface area (Å²) in [6.45, 7) is 3.29.